The standard InChI is InChI=1S/C38H41N7O5.CO2/c1-27(28-9-4-2-5-10-28)40-35(48)30-14-16-31(17-15-30)41-37-43-36(44-38(45-37)42-32-18-20-33(46)21-19-32)39-22-24-50-26-25-49-23-8-13-34(47)29-11-6-3-7-12-29;2-1-3/h2-7,9-12,14-21,27,46H,8,13,22-26H2,1H3,(H,40,48)(H3,39,41,42,43,44,45);/t27-;/m0./s1. The number of carbonyl (C=O) groups excluding carboxylic acids is 4. The third kappa shape index (κ3) is 14.0. The minimum Gasteiger partial charge on any atom is -0.508 e. The highest BCUT2D eigenvalue weighted by Crippen LogP contribution is 2.21. The zero-order valence-electron chi connectivity index (χ0n) is 29.2. The summed E-state index contributed by atoms with van der Waals surface area (Å²) in [4.78, 5) is 54.8. The number of ether oxygens (including phenoxy) is 2. The van der Waals surface area contributed by atoms with Crippen molar-refractivity contribution in [2.24, 2.45) is 0 Å². The van der Waals surface area contributed by atoms with Crippen molar-refractivity contribution in [2.75, 3.05) is 48.9 Å². The van der Waals surface area contributed by atoms with Gasteiger partial charge in [0.2, 0.25) is 17.8 Å². The predicted molar refractivity (Wildman–Crippen MR) is 198 cm³/mol. The lowest BCUT2D eigenvalue weighted by Crippen LogP contribution is -2.26. The van der Waals surface area contributed by atoms with Crippen LogP contribution in [0.3, 0.4) is 0 Å². The number of aromatic nitrogens is 3. The minimum absolute atomic E-state index is 0.112. The van der Waals surface area contributed by atoms with Crippen molar-refractivity contribution in [3.63, 3.8) is 0 Å². The summed E-state index contributed by atoms with van der Waals surface area (Å²) in [5.74, 6) is 0.953. The Morgan fingerprint density at radius 3 is 1.81 bits per heavy atom. The number of rotatable bonds is 19. The van der Waals surface area contributed by atoms with Crippen LogP contribution in [-0.4, -0.2) is 70.9 Å². The maximum Gasteiger partial charge on any atom is 0.373 e. The van der Waals surface area contributed by atoms with Gasteiger partial charge in [-0.1, -0.05) is 60.7 Å². The highest BCUT2D eigenvalue weighted by atomic mass is 16.5. The molecule has 5 rings (SSSR count). The van der Waals surface area contributed by atoms with E-state index in [2.05, 4.69) is 36.2 Å². The maximum atomic E-state index is 12.8. The van der Waals surface area contributed by atoms with Crippen LogP contribution in [0.1, 0.15) is 52.1 Å². The Morgan fingerprint density at radius 1 is 0.679 bits per heavy atom. The molecule has 1 atom stereocenters. The van der Waals surface area contributed by atoms with Gasteiger partial charge in [-0.3, -0.25) is 9.59 Å². The van der Waals surface area contributed by atoms with E-state index in [1.165, 1.54) is 0 Å². The average molecular weight is 720 g/mol. The van der Waals surface area contributed by atoms with Gasteiger partial charge >= 0.3 is 6.15 Å². The van der Waals surface area contributed by atoms with Crippen LogP contribution < -0.4 is 21.3 Å². The highest BCUT2D eigenvalue weighted by molar-refractivity contribution is 5.96. The first-order valence-electron chi connectivity index (χ1n) is 16.9. The number of hydrogen-bond acceptors (Lipinski definition) is 13. The molecule has 0 radical (unpaired) electrons. The van der Waals surface area contributed by atoms with E-state index in [-0.39, 0.29) is 41.5 Å². The molecule has 1 aromatic heterocycles. The molecule has 14 heteroatoms. The molecule has 14 nitrogen and oxygen atoms in total. The van der Waals surface area contributed by atoms with Crippen molar-refractivity contribution in [3.8, 4) is 5.75 Å². The first-order chi connectivity index (χ1) is 25.8. The first kappa shape index (κ1) is 39.3. The van der Waals surface area contributed by atoms with Crippen molar-refractivity contribution in [1.29, 1.82) is 0 Å². The van der Waals surface area contributed by atoms with Gasteiger partial charge in [0.05, 0.1) is 25.9 Å². The summed E-state index contributed by atoms with van der Waals surface area (Å²) in [6.07, 6.45) is 1.34. The van der Waals surface area contributed by atoms with E-state index in [1.54, 1.807) is 48.5 Å². The van der Waals surface area contributed by atoms with Gasteiger partial charge in [-0.05, 0) is 67.4 Å². The van der Waals surface area contributed by atoms with Gasteiger partial charge in [0.1, 0.15) is 5.75 Å². The fraction of sp³-hybridized carbons (Fsp3) is 0.231. The molecule has 0 saturated carbocycles. The molecule has 0 aliphatic rings. The minimum atomic E-state index is -0.177. The van der Waals surface area contributed by atoms with E-state index < -0.39 is 0 Å². The van der Waals surface area contributed by atoms with Gasteiger partial charge in [-0.25, -0.2) is 0 Å². The summed E-state index contributed by atoms with van der Waals surface area (Å²) in [6, 6.07) is 32.5. The molecular weight excluding hydrogens is 678 g/mol. The number of amides is 1. The quantitative estimate of drug-likeness (QED) is 0.0375. The monoisotopic (exact) mass is 719 g/mol. The molecule has 53 heavy (non-hydrogen) atoms. The zero-order chi connectivity index (χ0) is 37.7. The molecule has 0 aliphatic carbocycles. The van der Waals surface area contributed by atoms with Gasteiger partial charge in [0, 0.05) is 42.1 Å². The Labute approximate surface area is 307 Å². The van der Waals surface area contributed by atoms with Crippen LogP contribution in [0, 0.1) is 0 Å². The second-order valence-corrected chi connectivity index (χ2v) is 11.4. The maximum absolute atomic E-state index is 12.8. The number of ketones is 1. The largest absolute Gasteiger partial charge is 0.508 e. The predicted octanol–water partition coefficient (Wildman–Crippen LogP) is 6.08. The van der Waals surface area contributed by atoms with Crippen molar-refractivity contribution < 1.29 is 33.8 Å². The normalized spacial score (nSPS) is 10.9. The van der Waals surface area contributed by atoms with Gasteiger partial charge in [-0.15, -0.1) is 0 Å². The number of hydrogen-bond donors (Lipinski definition) is 5. The molecule has 1 heterocycles. The van der Waals surface area contributed by atoms with Crippen LogP contribution in [-0.2, 0) is 19.1 Å². The number of nitrogens with one attached hydrogen (secondary N) is 4. The van der Waals surface area contributed by atoms with Crippen molar-refractivity contribution >= 4 is 47.1 Å². The Kier molecular flexibility index (Phi) is 16.1. The topological polar surface area (TPSA) is 194 Å². The van der Waals surface area contributed by atoms with Gasteiger partial charge in [-0.2, -0.15) is 24.5 Å². The molecule has 0 saturated heterocycles. The highest BCUT2D eigenvalue weighted by Gasteiger charge is 2.13. The smallest absolute Gasteiger partial charge is 0.373 e. The summed E-state index contributed by atoms with van der Waals surface area (Å²) in [5, 5.41) is 22.1. The van der Waals surface area contributed by atoms with Gasteiger partial charge < -0.3 is 35.8 Å². The van der Waals surface area contributed by atoms with Crippen molar-refractivity contribution in [3.05, 3.63) is 126 Å². The number of nitrogens with zero attached hydrogens (tertiary/aromatic N) is 3. The lowest BCUT2D eigenvalue weighted by Gasteiger charge is -2.15. The fourth-order valence-corrected chi connectivity index (χ4v) is 4.84. The summed E-state index contributed by atoms with van der Waals surface area (Å²) in [5.41, 5.74) is 3.62. The van der Waals surface area contributed by atoms with E-state index in [1.807, 2.05) is 67.6 Å². The molecule has 5 aromatic rings. The van der Waals surface area contributed by atoms with Crippen LogP contribution in [0.4, 0.5) is 29.2 Å². The SMILES string of the molecule is C[C@H](NC(=O)c1ccc(Nc2nc(NCCOCCOCCCC(=O)c3ccccc3)nc(Nc3ccc(O)cc3)n2)cc1)c1ccccc1.O=C=O. The third-order valence-electron chi connectivity index (χ3n) is 7.50. The van der Waals surface area contributed by atoms with E-state index >= 15 is 0 Å². The number of Topliss-reactive ketones (excluding diaryl/α,β-unsaturated/α-hetero) is 1. The van der Waals surface area contributed by atoms with Gasteiger partial charge in [0.15, 0.2) is 5.78 Å². The van der Waals surface area contributed by atoms with Crippen LogP contribution in [0.2, 0.25) is 0 Å². The van der Waals surface area contributed by atoms with Crippen molar-refractivity contribution in [2.45, 2.75) is 25.8 Å². The van der Waals surface area contributed by atoms with Crippen LogP contribution in [0.15, 0.2) is 109 Å². The van der Waals surface area contributed by atoms with E-state index in [0.29, 0.717) is 68.7 Å². The van der Waals surface area contributed by atoms with E-state index in [0.717, 1.165) is 11.1 Å². The molecule has 0 fully saturated rings. The summed E-state index contributed by atoms with van der Waals surface area (Å²) >= 11 is 0. The van der Waals surface area contributed by atoms with Crippen LogP contribution in [0.25, 0.3) is 0 Å². The molecule has 5 N–H and O–H groups in total. The summed E-state index contributed by atoms with van der Waals surface area (Å²) < 4.78 is 11.3. The molecule has 0 aliphatic heterocycles. The van der Waals surface area contributed by atoms with E-state index in [4.69, 9.17) is 19.1 Å². The van der Waals surface area contributed by atoms with Gasteiger partial charge in [0.25, 0.3) is 5.91 Å². The number of carbonyl (C=O) groups is 2. The Hall–Kier alpha value is -6.47. The average Bonchev–Trinajstić information content (AvgIpc) is 3.17. The molecular formula is C39H41N7O7. The Balaban J connectivity index is 0.00000202. The van der Waals surface area contributed by atoms with Crippen molar-refractivity contribution in [1.82, 2.24) is 20.3 Å². The molecule has 0 spiro atoms. The number of phenolic OH excluding ortho intramolecular Hbond substituents is 1. The van der Waals surface area contributed by atoms with Crippen LogP contribution in [0.5, 0.6) is 5.75 Å². The molecule has 4 aromatic carbocycles. The lowest BCUT2D eigenvalue weighted by molar-refractivity contribution is -0.191. The van der Waals surface area contributed by atoms with Crippen LogP contribution >= 0.6 is 0 Å². The second kappa shape index (κ2) is 21.7. The first-order valence-corrected chi connectivity index (χ1v) is 16.9. The number of anilines is 5. The molecule has 274 valence electrons. The molecule has 0 bridgehead atoms. The number of benzene rings is 4. The Morgan fingerprint density at radius 2 is 1.21 bits per heavy atom. The third-order valence-corrected chi connectivity index (χ3v) is 7.50. The molecule has 0 unspecified atom stereocenters. The molecule has 1 amide bonds. The summed E-state index contributed by atoms with van der Waals surface area (Å²) in [7, 11) is 0. The summed E-state index contributed by atoms with van der Waals surface area (Å²) in [6.45, 7) is 4.08. The number of phenols is 1. The van der Waals surface area contributed by atoms with E-state index in [9.17, 15) is 14.7 Å². The Bertz CT molecular complexity index is 1890. The second-order valence-electron chi connectivity index (χ2n) is 11.4. The fourth-order valence-electron chi connectivity index (χ4n) is 4.84. The lowest BCUT2D eigenvalue weighted by atomic mass is 10.1. The number of aromatic hydroxyl groups is 1. The zero-order valence-corrected chi connectivity index (χ0v) is 29.2.